The van der Waals surface area contributed by atoms with Gasteiger partial charge in [-0.3, -0.25) is 0 Å². The third kappa shape index (κ3) is 8.60. The zero-order valence-electron chi connectivity index (χ0n) is 12.4. The number of carbonyl (C=O) groups excluding carboxylic acids is 1. The van der Waals surface area contributed by atoms with Gasteiger partial charge < -0.3 is 14.6 Å². The molecule has 0 aromatic rings. The summed E-state index contributed by atoms with van der Waals surface area (Å²) in [6.07, 6.45) is 1.11. The molecule has 0 aliphatic heterocycles. The van der Waals surface area contributed by atoms with Crippen LogP contribution in [-0.4, -0.2) is 35.1 Å². The topological polar surface area (TPSA) is 73.4 Å². The summed E-state index contributed by atoms with van der Waals surface area (Å²) in [5, 5.41) is 2.81. The smallest absolute Gasteiger partial charge is 0.407 e. The fourth-order valence-electron chi connectivity index (χ4n) is 1.22. The van der Waals surface area contributed by atoms with Gasteiger partial charge in [-0.05, 0) is 26.2 Å². The van der Waals surface area contributed by atoms with Gasteiger partial charge in [-0.2, -0.15) is 0 Å². The van der Waals surface area contributed by atoms with E-state index in [1.54, 1.807) is 6.26 Å². The molecule has 5 nitrogen and oxygen atoms in total. The van der Waals surface area contributed by atoms with E-state index in [4.69, 9.17) is 4.74 Å². The first-order chi connectivity index (χ1) is 7.92. The second-order valence-electron chi connectivity index (χ2n) is 6.37. The molecule has 1 unspecified atom stereocenters. The van der Waals surface area contributed by atoms with Crippen molar-refractivity contribution in [3.63, 3.8) is 0 Å². The first kappa shape index (κ1) is 17.5. The quantitative estimate of drug-likeness (QED) is 0.769. The molecule has 0 fully saturated rings. The van der Waals surface area contributed by atoms with E-state index in [-0.39, 0.29) is 11.5 Å². The summed E-state index contributed by atoms with van der Waals surface area (Å²) in [4.78, 5) is 11.7. The SMILES string of the molecule is C[S+]([O-])NC[C@@H](NC(=O)OC(C)(C)C)C(C)(C)C. The second-order valence-corrected chi connectivity index (χ2v) is 7.56. The Hall–Kier alpha value is -0.460. The number of hydrogen-bond acceptors (Lipinski definition) is 4. The van der Waals surface area contributed by atoms with E-state index in [9.17, 15) is 9.35 Å². The number of nitrogens with one attached hydrogen (secondary N) is 2. The molecule has 18 heavy (non-hydrogen) atoms. The summed E-state index contributed by atoms with van der Waals surface area (Å²) in [5.41, 5.74) is -0.670. The summed E-state index contributed by atoms with van der Waals surface area (Å²) in [7, 11) is 0. The Bertz CT molecular complexity index is 269. The van der Waals surface area contributed by atoms with E-state index in [0.717, 1.165) is 0 Å². The minimum absolute atomic E-state index is 0.150. The highest BCUT2D eigenvalue weighted by atomic mass is 32.2. The average molecular weight is 278 g/mol. The van der Waals surface area contributed by atoms with Crippen molar-refractivity contribution < 1.29 is 14.1 Å². The fourth-order valence-corrected chi connectivity index (χ4v) is 1.63. The molecule has 0 aromatic carbocycles. The minimum Gasteiger partial charge on any atom is -0.598 e. The van der Waals surface area contributed by atoms with E-state index in [1.807, 2.05) is 41.5 Å². The molecule has 2 N–H and O–H groups in total. The Morgan fingerprint density at radius 2 is 1.78 bits per heavy atom. The van der Waals surface area contributed by atoms with Gasteiger partial charge >= 0.3 is 6.09 Å². The third-order valence-corrected chi connectivity index (χ3v) is 2.80. The Morgan fingerprint density at radius 3 is 2.11 bits per heavy atom. The van der Waals surface area contributed by atoms with Crippen molar-refractivity contribution >= 4 is 17.5 Å². The van der Waals surface area contributed by atoms with E-state index in [1.165, 1.54) is 0 Å². The van der Waals surface area contributed by atoms with Crippen molar-refractivity contribution in [3.05, 3.63) is 0 Å². The number of alkyl carbamates (subject to hydrolysis) is 1. The number of carbonyl (C=O) groups is 1. The lowest BCUT2D eigenvalue weighted by Crippen LogP contribution is -2.51. The standard InChI is InChI=1S/C12H26N2O3S/c1-11(2,3)9(8-13-18(7)16)14-10(15)17-12(4,5)6/h9,13H,8H2,1-7H3,(H,14,15)/t9-,18?/m1/s1. The number of amides is 1. The largest absolute Gasteiger partial charge is 0.598 e. The van der Waals surface area contributed by atoms with Gasteiger partial charge in [-0.15, -0.1) is 4.72 Å². The monoisotopic (exact) mass is 278 g/mol. The minimum atomic E-state index is -1.10. The molecule has 0 saturated carbocycles. The second kappa shape index (κ2) is 6.63. The van der Waals surface area contributed by atoms with Crippen molar-refractivity contribution in [2.24, 2.45) is 5.41 Å². The van der Waals surface area contributed by atoms with Crippen LogP contribution in [0.3, 0.4) is 0 Å². The first-order valence-electron chi connectivity index (χ1n) is 5.98. The Morgan fingerprint density at radius 1 is 1.28 bits per heavy atom. The molecule has 108 valence electrons. The van der Waals surface area contributed by atoms with Crippen molar-refractivity contribution in [2.45, 2.75) is 53.2 Å². The summed E-state index contributed by atoms with van der Waals surface area (Å²) < 4.78 is 19.1. The van der Waals surface area contributed by atoms with Gasteiger partial charge in [0.2, 0.25) is 0 Å². The molecular weight excluding hydrogens is 252 g/mol. The van der Waals surface area contributed by atoms with Crippen LogP contribution in [0.1, 0.15) is 41.5 Å². The molecule has 0 bridgehead atoms. The Labute approximate surface area is 113 Å². The van der Waals surface area contributed by atoms with Crippen LogP contribution in [-0.2, 0) is 16.1 Å². The molecule has 6 heteroatoms. The fraction of sp³-hybridized carbons (Fsp3) is 0.917. The van der Waals surface area contributed by atoms with Gasteiger partial charge in [-0.25, -0.2) is 4.79 Å². The lowest BCUT2D eigenvalue weighted by atomic mass is 9.87. The van der Waals surface area contributed by atoms with Gasteiger partial charge in [-0.1, -0.05) is 20.8 Å². The van der Waals surface area contributed by atoms with Gasteiger partial charge in [0.05, 0.1) is 12.6 Å². The molecule has 0 aliphatic carbocycles. The lowest BCUT2D eigenvalue weighted by molar-refractivity contribution is 0.0466. The zero-order valence-corrected chi connectivity index (χ0v) is 13.2. The van der Waals surface area contributed by atoms with Crippen molar-refractivity contribution in [3.8, 4) is 0 Å². The van der Waals surface area contributed by atoms with Crippen LogP contribution >= 0.6 is 0 Å². The van der Waals surface area contributed by atoms with Crippen LogP contribution in [0.25, 0.3) is 0 Å². The summed E-state index contributed by atoms with van der Waals surface area (Å²) in [5.74, 6) is 0. The molecule has 0 radical (unpaired) electrons. The molecule has 0 rings (SSSR count). The van der Waals surface area contributed by atoms with Crippen LogP contribution in [0.5, 0.6) is 0 Å². The third-order valence-electron chi connectivity index (χ3n) is 2.23. The Balaban J connectivity index is 4.46. The summed E-state index contributed by atoms with van der Waals surface area (Å²) >= 11 is -1.10. The molecule has 0 aliphatic rings. The average Bonchev–Trinajstić information content (AvgIpc) is 2.06. The maximum absolute atomic E-state index is 11.7. The highest BCUT2D eigenvalue weighted by Crippen LogP contribution is 2.19. The van der Waals surface area contributed by atoms with Crippen LogP contribution in [0.2, 0.25) is 0 Å². The van der Waals surface area contributed by atoms with Gasteiger partial charge in [0.25, 0.3) is 0 Å². The maximum atomic E-state index is 11.7. The summed E-state index contributed by atoms with van der Waals surface area (Å²) in [6, 6.07) is -0.156. The predicted molar refractivity (Wildman–Crippen MR) is 74.7 cm³/mol. The molecule has 0 aromatic heterocycles. The van der Waals surface area contributed by atoms with E-state index < -0.39 is 23.1 Å². The van der Waals surface area contributed by atoms with Gasteiger partial charge in [0.15, 0.2) is 0 Å². The van der Waals surface area contributed by atoms with Crippen LogP contribution in [0, 0.1) is 5.41 Å². The van der Waals surface area contributed by atoms with Crippen molar-refractivity contribution in [1.29, 1.82) is 0 Å². The van der Waals surface area contributed by atoms with E-state index >= 15 is 0 Å². The molecule has 0 saturated heterocycles. The molecule has 1 amide bonds. The number of ether oxygens (including phenoxy) is 1. The maximum Gasteiger partial charge on any atom is 0.407 e. The van der Waals surface area contributed by atoms with Gasteiger partial charge in [0.1, 0.15) is 11.9 Å². The van der Waals surface area contributed by atoms with Crippen LogP contribution in [0.15, 0.2) is 0 Å². The molecular formula is C12H26N2O3S. The first-order valence-corrected chi connectivity index (χ1v) is 7.54. The van der Waals surface area contributed by atoms with Crippen LogP contribution in [0.4, 0.5) is 4.79 Å². The summed E-state index contributed by atoms with van der Waals surface area (Å²) in [6.45, 7) is 11.9. The Kier molecular flexibility index (Phi) is 6.46. The van der Waals surface area contributed by atoms with Crippen molar-refractivity contribution in [2.75, 3.05) is 12.8 Å². The van der Waals surface area contributed by atoms with E-state index in [0.29, 0.717) is 6.54 Å². The highest BCUT2D eigenvalue weighted by Gasteiger charge is 2.29. The highest BCUT2D eigenvalue weighted by molar-refractivity contribution is 7.88. The molecule has 0 heterocycles. The van der Waals surface area contributed by atoms with Crippen LogP contribution < -0.4 is 10.0 Å². The molecule has 2 atom stereocenters. The molecule has 0 spiro atoms. The number of hydrogen-bond donors (Lipinski definition) is 2. The number of rotatable bonds is 4. The predicted octanol–water partition coefficient (Wildman–Crippen LogP) is 1.81. The normalized spacial score (nSPS) is 16.0. The van der Waals surface area contributed by atoms with Crippen molar-refractivity contribution in [1.82, 2.24) is 10.0 Å². The van der Waals surface area contributed by atoms with E-state index in [2.05, 4.69) is 10.0 Å². The zero-order chi connectivity index (χ0) is 14.6. The lowest BCUT2D eigenvalue weighted by Gasteiger charge is -2.32. The van der Waals surface area contributed by atoms with Gasteiger partial charge in [0, 0.05) is 11.4 Å².